The van der Waals surface area contributed by atoms with E-state index < -0.39 is 0 Å². The van der Waals surface area contributed by atoms with Gasteiger partial charge in [0.1, 0.15) is 11.2 Å². The Morgan fingerprint density at radius 3 is 2.75 bits per heavy atom. The van der Waals surface area contributed by atoms with Crippen molar-refractivity contribution in [1.82, 2.24) is 4.98 Å². The van der Waals surface area contributed by atoms with Crippen LogP contribution < -0.4 is 0 Å². The van der Waals surface area contributed by atoms with Crippen LogP contribution in [0.2, 0.25) is 5.15 Å². The molecule has 0 atom stereocenters. The molecular formula is C12H6BrClN2. The molecule has 0 fully saturated rings. The molecule has 2 aromatic rings. The van der Waals surface area contributed by atoms with E-state index in [2.05, 4.69) is 20.9 Å². The molecule has 4 heteroatoms. The third-order valence-electron chi connectivity index (χ3n) is 2.12. The topological polar surface area (TPSA) is 36.7 Å². The van der Waals surface area contributed by atoms with Gasteiger partial charge in [0.2, 0.25) is 0 Å². The first-order valence-corrected chi connectivity index (χ1v) is 5.69. The minimum Gasteiger partial charge on any atom is -0.243 e. The van der Waals surface area contributed by atoms with Crippen LogP contribution in [0.4, 0.5) is 0 Å². The van der Waals surface area contributed by atoms with Crippen LogP contribution in [0.25, 0.3) is 11.1 Å². The summed E-state index contributed by atoms with van der Waals surface area (Å²) in [5.41, 5.74) is 2.26. The predicted molar refractivity (Wildman–Crippen MR) is 67.1 cm³/mol. The van der Waals surface area contributed by atoms with E-state index >= 15 is 0 Å². The van der Waals surface area contributed by atoms with Crippen LogP contribution in [-0.2, 0) is 0 Å². The molecule has 0 radical (unpaired) electrons. The van der Waals surface area contributed by atoms with Crippen molar-refractivity contribution in [3.05, 3.63) is 51.7 Å². The lowest BCUT2D eigenvalue weighted by atomic mass is 10.1. The molecule has 0 aliphatic heterocycles. The largest absolute Gasteiger partial charge is 0.243 e. The fraction of sp³-hybridized carbons (Fsp3) is 0. The van der Waals surface area contributed by atoms with Crippen molar-refractivity contribution in [1.29, 1.82) is 5.26 Å². The monoisotopic (exact) mass is 292 g/mol. The van der Waals surface area contributed by atoms with Crippen molar-refractivity contribution in [2.45, 2.75) is 0 Å². The molecule has 0 unspecified atom stereocenters. The zero-order chi connectivity index (χ0) is 11.5. The first kappa shape index (κ1) is 11.1. The van der Waals surface area contributed by atoms with Crippen molar-refractivity contribution < 1.29 is 0 Å². The Balaban J connectivity index is 2.54. The van der Waals surface area contributed by atoms with Gasteiger partial charge in [-0.1, -0.05) is 39.7 Å². The highest BCUT2D eigenvalue weighted by Gasteiger charge is 2.04. The molecule has 16 heavy (non-hydrogen) atoms. The summed E-state index contributed by atoms with van der Waals surface area (Å²) in [5.74, 6) is 0. The van der Waals surface area contributed by atoms with Crippen molar-refractivity contribution >= 4 is 27.5 Å². The summed E-state index contributed by atoms with van der Waals surface area (Å²) in [7, 11) is 0. The van der Waals surface area contributed by atoms with Crippen LogP contribution >= 0.6 is 27.5 Å². The fourth-order valence-corrected chi connectivity index (χ4v) is 1.90. The van der Waals surface area contributed by atoms with E-state index in [4.69, 9.17) is 16.9 Å². The minimum absolute atomic E-state index is 0.237. The Labute approximate surface area is 107 Å². The molecule has 0 N–H and O–H groups in total. The Morgan fingerprint density at radius 1 is 1.25 bits per heavy atom. The molecule has 0 saturated carbocycles. The van der Waals surface area contributed by atoms with Gasteiger partial charge in [-0.05, 0) is 23.8 Å². The van der Waals surface area contributed by atoms with Gasteiger partial charge in [-0.25, -0.2) is 4.98 Å². The van der Waals surface area contributed by atoms with Crippen molar-refractivity contribution in [2.24, 2.45) is 0 Å². The van der Waals surface area contributed by atoms with Gasteiger partial charge < -0.3 is 0 Å². The molecule has 0 spiro atoms. The van der Waals surface area contributed by atoms with Gasteiger partial charge in [0.15, 0.2) is 0 Å². The van der Waals surface area contributed by atoms with Crippen LogP contribution in [0.15, 0.2) is 41.0 Å². The van der Waals surface area contributed by atoms with E-state index in [0.29, 0.717) is 5.56 Å². The summed E-state index contributed by atoms with van der Waals surface area (Å²) in [4.78, 5) is 3.98. The van der Waals surface area contributed by atoms with Crippen LogP contribution in [0.3, 0.4) is 0 Å². The van der Waals surface area contributed by atoms with E-state index in [9.17, 15) is 0 Å². The molecule has 0 aliphatic carbocycles. The summed E-state index contributed by atoms with van der Waals surface area (Å²) in [6, 6.07) is 11.5. The van der Waals surface area contributed by atoms with Crippen LogP contribution in [-0.4, -0.2) is 4.98 Å². The number of halogens is 2. The second-order valence-corrected chi connectivity index (χ2v) is 4.46. The lowest BCUT2D eigenvalue weighted by molar-refractivity contribution is 1.30. The normalized spacial score (nSPS) is 9.81. The third kappa shape index (κ3) is 2.24. The average molecular weight is 294 g/mol. The molecule has 0 saturated heterocycles. The smallest absolute Gasteiger partial charge is 0.146 e. The molecule has 1 aromatic heterocycles. The quantitative estimate of drug-likeness (QED) is 0.744. The van der Waals surface area contributed by atoms with E-state index in [1.807, 2.05) is 30.3 Å². The van der Waals surface area contributed by atoms with Crippen molar-refractivity contribution in [2.75, 3.05) is 0 Å². The molecule has 0 bridgehead atoms. The molecule has 2 nitrogen and oxygen atoms in total. The maximum absolute atomic E-state index is 8.86. The zero-order valence-corrected chi connectivity index (χ0v) is 10.5. The number of hydrogen-bond acceptors (Lipinski definition) is 2. The van der Waals surface area contributed by atoms with Gasteiger partial charge in [-0.2, -0.15) is 5.26 Å². The van der Waals surface area contributed by atoms with E-state index in [1.165, 1.54) is 0 Å². The number of pyridine rings is 1. The second-order valence-electron chi connectivity index (χ2n) is 3.18. The Bertz CT molecular complexity index is 575. The molecule has 0 amide bonds. The second kappa shape index (κ2) is 4.65. The van der Waals surface area contributed by atoms with Gasteiger partial charge in [0.05, 0.1) is 5.56 Å². The van der Waals surface area contributed by atoms with Gasteiger partial charge in [0.25, 0.3) is 0 Å². The highest BCUT2D eigenvalue weighted by Crippen LogP contribution is 2.25. The van der Waals surface area contributed by atoms with Gasteiger partial charge in [-0.3, -0.25) is 0 Å². The number of benzene rings is 1. The zero-order valence-electron chi connectivity index (χ0n) is 8.11. The molecule has 1 aromatic carbocycles. The van der Waals surface area contributed by atoms with Crippen LogP contribution in [0.1, 0.15) is 5.56 Å². The van der Waals surface area contributed by atoms with Crippen molar-refractivity contribution in [3.63, 3.8) is 0 Å². The molecule has 2 rings (SSSR count). The lowest BCUT2D eigenvalue weighted by Crippen LogP contribution is -1.85. The van der Waals surface area contributed by atoms with Crippen LogP contribution in [0.5, 0.6) is 0 Å². The number of hydrogen-bond donors (Lipinski definition) is 0. The van der Waals surface area contributed by atoms with Gasteiger partial charge in [0, 0.05) is 16.2 Å². The first-order chi connectivity index (χ1) is 7.70. The first-order valence-electron chi connectivity index (χ1n) is 4.52. The van der Waals surface area contributed by atoms with E-state index in [1.54, 1.807) is 12.3 Å². The maximum Gasteiger partial charge on any atom is 0.146 e. The Morgan fingerprint density at radius 2 is 2.06 bits per heavy atom. The van der Waals surface area contributed by atoms with Crippen LogP contribution in [0, 0.1) is 11.3 Å². The lowest BCUT2D eigenvalue weighted by Gasteiger charge is -2.03. The van der Waals surface area contributed by atoms with E-state index in [-0.39, 0.29) is 5.15 Å². The highest BCUT2D eigenvalue weighted by molar-refractivity contribution is 9.10. The van der Waals surface area contributed by atoms with E-state index in [0.717, 1.165) is 15.6 Å². The Kier molecular flexibility index (Phi) is 3.23. The summed E-state index contributed by atoms with van der Waals surface area (Å²) >= 11 is 9.17. The maximum atomic E-state index is 8.86. The SMILES string of the molecule is N#Cc1cc(-c2cccc(Br)c2)cnc1Cl. The number of nitriles is 1. The summed E-state index contributed by atoms with van der Waals surface area (Å²) in [6.45, 7) is 0. The highest BCUT2D eigenvalue weighted by atomic mass is 79.9. The number of rotatable bonds is 1. The van der Waals surface area contributed by atoms with Crippen molar-refractivity contribution in [3.8, 4) is 17.2 Å². The Hall–Kier alpha value is -1.37. The minimum atomic E-state index is 0.237. The third-order valence-corrected chi connectivity index (χ3v) is 2.91. The fourth-order valence-electron chi connectivity index (χ4n) is 1.35. The number of aromatic nitrogens is 1. The molecule has 1 heterocycles. The summed E-state index contributed by atoms with van der Waals surface area (Å²) < 4.78 is 0.985. The number of nitrogens with zero attached hydrogens (tertiary/aromatic N) is 2. The molecule has 78 valence electrons. The summed E-state index contributed by atoms with van der Waals surface area (Å²) in [6.07, 6.45) is 1.66. The summed E-state index contributed by atoms with van der Waals surface area (Å²) in [5, 5.41) is 9.10. The molecular weight excluding hydrogens is 288 g/mol. The van der Waals surface area contributed by atoms with Gasteiger partial charge in [-0.15, -0.1) is 0 Å². The van der Waals surface area contributed by atoms with Gasteiger partial charge >= 0.3 is 0 Å². The average Bonchev–Trinajstić information content (AvgIpc) is 2.29. The molecule has 0 aliphatic rings. The predicted octanol–water partition coefficient (Wildman–Crippen LogP) is 4.04. The standard InChI is InChI=1S/C12H6BrClN2/c13-11-3-1-2-8(5-11)10-4-9(6-15)12(14)16-7-10/h1-5,7H.